The fourth-order valence-corrected chi connectivity index (χ4v) is 2.82. The summed E-state index contributed by atoms with van der Waals surface area (Å²) >= 11 is 0. The van der Waals surface area contributed by atoms with Crippen LogP contribution in [0.4, 0.5) is 0 Å². The van der Waals surface area contributed by atoms with E-state index in [1.807, 2.05) is 31.5 Å². The zero-order chi connectivity index (χ0) is 14.9. The second kappa shape index (κ2) is 5.11. The fraction of sp³-hybridized carbons (Fsp3) is 0.0526. The number of benzene rings is 1. The maximum absolute atomic E-state index is 4.37. The molecule has 3 aromatic heterocycles. The minimum atomic E-state index is 1.05. The molecule has 0 saturated heterocycles. The van der Waals surface area contributed by atoms with E-state index in [4.69, 9.17) is 0 Å². The second-order valence-corrected chi connectivity index (χ2v) is 5.31. The van der Waals surface area contributed by atoms with Gasteiger partial charge < -0.3 is 4.57 Å². The van der Waals surface area contributed by atoms with Crippen molar-refractivity contribution >= 4 is 10.9 Å². The lowest BCUT2D eigenvalue weighted by molar-refractivity contribution is 1.10. The number of fused-ring (bicyclic) bond motifs is 1. The molecule has 106 valence electrons. The molecule has 0 fully saturated rings. The van der Waals surface area contributed by atoms with E-state index in [1.54, 1.807) is 6.20 Å². The van der Waals surface area contributed by atoms with E-state index < -0.39 is 0 Å². The van der Waals surface area contributed by atoms with E-state index in [-0.39, 0.29) is 0 Å². The van der Waals surface area contributed by atoms with Gasteiger partial charge in [0.25, 0.3) is 0 Å². The van der Waals surface area contributed by atoms with Crippen molar-refractivity contribution in [3.63, 3.8) is 0 Å². The van der Waals surface area contributed by atoms with Gasteiger partial charge in [-0.05, 0) is 48.9 Å². The molecular formula is C19H15N3. The number of aromatic nitrogens is 3. The third-order valence-electron chi connectivity index (χ3n) is 3.93. The predicted octanol–water partition coefficient (Wildman–Crippen LogP) is 4.40. The Kier molecular flexibility index (Phi) is 2.97. The Labute approximate surface area is 128 Å². The summed E-state index contributed by atoms with van der Waals surface area (Å²) in [7, 11) is 0. The summed E-state index contributed by atoms with van der Waals surface area (Å²) in [5, 5.41) is 1.21. The van der Waals surface area contributed by atoms with Crippen LogP contribution in [0.1, 0.15) is 5.69 Å². The average molecular weight is 285 g/mol. The first kappa shape index (κ1) is 12.8. The topological polar surface area (TPSA) is 30.7 Å². The average Bonchev–Trinajstić information content (AvgIpc) is 2.99. The van der Waals surface area contributed by atoms with Crippen molar-refractivity contribution < 1.29 is 0 Å². The van der Waals surface area contributed by atoms with E-state index in [2.05, 4.69) is 57.1 Å². The molecule has 22 heavy (non-hydrogen) atoms. The molecule has 0 spiro atoms. The Balaban J connectivity index is 1.86. The van der Waals surface area contributed by atoms with Crippen molar-refractivity contribution in [2.24, 2.45) is 0 Å². The predicted molar refractivity (Wildman–Crippen MR) is 89.0 cm³/mol. The number of hydrogen-bond acceptors (Lipinski definition) is 2. The molecule has 0 aliphatic carbocycles. The lowest BCUT2D eigenvalue weighted by atomic mass is 10.0. The monoisotopic (exact) mass is 285 g/mol. The molecule has 1 aromatic carbocycles. The summed E-state index contributed by atoms with van der Waals surface area (Å²) in [5.41, 5.74) is 5.68. The van der Waals surface area contributed by atoms with Gasteiger partial charge in [0.2, 0.25) is 0 Å². The Hall–Kier alpha value is -2.94. The molecule has 3 heterocycles. The van der Waals surface area contributed by atoms with Gasteiger partial charge in [0.05, 0.1) is 17.4 Å². The third-order valence-corrected chi connectivity index (χ3v) is 3.93. The smallest absolute Gasteiger partial charge is 0.0639 e. The zero-order valence-electron chi connectivity index (χ0n) is 12.3. The molecule has 0 aliphatic rings. The van der Waals surface area contributed by atoms with Gasteiger partial charge in [-0.3, -0.25) is 9.97 Å². The van der Waals surface area contributed by atoms with Gasteiger partial charge in [-0.1, -0.05) is 12.1 Å². The van der Waals surface area contributed by atoms with Gasteiger partial charge in [-0.2, -0.15) is 0 Å². The van der Waals surface area contributed by atoms with Crippen molar-refractivity contribution in [3.8, 4) is 16.8 Å². The molecule has 0 N–H and O–H groups in total. The van der Waals surface area contributed by atoms with Crippen LogP contribution in [0.15, 0.2) is 73.3 Å². The summed E-state index contributed by atoms with van der Waals surface area (Å²) in [6.07, 6.45) is 7.58. The molecule has 4 aromatic rings. The van der Waals surface area contributed by atoms with E-state index in [0.29, 0.717) is 0 Å². The fourth-order valence-electron chi connectivity index (χ4n) is 2.82. The van der Waals surface area contributed by atoms with Crippen molar-refractivity contribution in [2.45, 2.75) is 6.92 Å². The Bertz CT molecular complexity index is 939. The molecule has 3 nitrogen and oxygen atoms in total. The normalized spacial score (nSPS) is 11.0. The van der Waals surface area contributed by atoms with Crippen molar-refractivity contribution in [1.82, 2.24) is 14.5 Å². The van der Waals surface area contributed by atoms with E-state index >= 15 is 0 Å². The molecular weight excluding hydrogens is 270 g/mol. The largest absolute Gasteiger partial charge is 0.315 e. The minimum absolute atomic E-state index is 1.05. The molecule has 0 unspecified atom stereocenters. The number of aryl methyl sites for hydroxylation is 1. The highest BCUT2D eigenvalue weighted by atomic mass is 15.0. The molecule has 0 atom stereocenters. The minimum Gasteiger partial charge on any atom is -0.315 e. The third kappa shape index (κ3) is 2.07. The lowest BCUT2D eigenvalue weighted by Gasteiger charge is -2.07. The lowest BCUT2D eigenvalue weighted by Crippen LogP contribution is -1.92. The van der Waals surface area contributed by atoms with Gasteiger partial charge in [0.15, 0.2) is 0 Å². The molecule has 3 heteroatoms. The summed E-state index contributed by atoms with van der Waals surface area (Å²) in [6.45, 7) is 2.04. The summed E-state index contributed by atoms with van der Waals surface area (Å²) in [4.78, 5) is 8.57. The first-order valence-corrected chi connectivity index (χ1v) is 7.26. The van der Waals surface area contributed by atoms with E-state index in [9.17, 15) is 0 Å². The maximum Gasteiger partial charge on any atom is 0.0639 e. The van der Waals surface area contributed by atoms with Crippen LogP contribution in [-0.4, -0.2) is 14.5 Å². The number of hydrogen-bond donors (Lipinski definition) is 0. The van der Waals surface area contributed by atoms with Gasteiger partial charge in [-0.25, -0.2) is 0 Å². The summed E-state index contributed by atoms with van der Waals surface area (Å²) in [6, 6.07) is 16.8. The number of pyridine rings is 2. The maximum atomic E-state index is 4.37. The zero-order valence-corrected chi connectivity index (χ0v) is 12.3. The van der Waals surface area contributed by atoms with Crippen LogP contribution in [-0.2, 0) is 0 Å². The summed E-state index contributed by atoms with van der Waals surface area (Å²) in [5.74, 6) is 0. The van der Waals surface area contributed by atoms with E-state index in [0.717, 1.165) is 11.4 Å². The highest BCUT2D eigenvalue weighted by Gasteiger charge is 2.07. The number of rotatable bonds is 2. The quantitative estimate of drug-likeness (QED) is 0.546. The molecule has 0 amide bonds. The van der Waals surface area contributed by atoms with Crippen molar-refractivity contribution in [2.75, 3.05) is 0 Å². The van der Waals surface area contributed by atoms with Crippen LogP contribution in [0.2, 0.25) is 0 Å². The Morgan fingerprint density at radius 2 is 1.86 bits per heavy atom. The second-order valence-electron chi connectivity index (χ2n) is 5.31. The highest BCUT2D eigenvalue weighted by Crippen LogP contribution is 2.27. The van der Waals surface area contributed by atoms with Crippen LogP contribution in [0.25, 0.3) is 27.7 Å². The SMILES string of the molecule is Cc1ncccc1-c1ccc2c(ccn2-c2cccnc2)c1. The molecule has 0 aliphatic heterocycles. The molecule has 0 saturated carbocycles. The Morgan fingerprint density at radius 3 is 2.68 bits per heavy atom. The Morgan fingerprint density at radius 1 is 0.955 bits per heavy atom. The van der Waals surface area contributed by atoms with Gasteiger partial charge in [0.1, 0.15) is 0 Å². The standard InChI is InChI=1S/C19H15N3/c1-14-18(5-3-10-21-14)15-6-7-19-16(12-15)8-11-22(19)17-4-2-9-20-13-17/h2-13H,1H3. The van der Waals surface area contributed by atoms with Crippen LogP contribution in [0.3, 0.4) is 0 Å². The van der Waals surface area contributed by atoms with Crippen molar-refractivity contribution in [3.05, 3.63) is 79.0 Å². The van der Waals surface area contributed by atoms with Crippen LogP contribution in [0, 0.1) is 6.92 Å². The highest BCUT2D eigenvalue weighted by molar-refractivity contribution is 5.87. The van der Waals surface area contributed by atoms with E-state index in [1.165, 1.54) is 22.0 Å². The van der Waals surface area contributed by atoms with Crippen LogP contribution in [0.5, 0.6) is 0 Å². The van der Waals surface area contributed by atoms with Gasteiger partial charge in [0, 0.05) is 35.2 Å². The summed E-state index contributed by atoms with van der Waals surface area (Å²) < 4.78 is 2.15. The first-order valence-electron chi connectivity index (χ1n) is 7.26. The van der Waals surface area contributed by atoms with Gasteiger partial charge in [-0.15, -0.1) is 0 Å². The molecule has 0 radical (unpaired) electrons. The van der Waals surface area contributed by atoms with Crippen LogP contribution < -0.4 is 0 Å². The van der Waals surface area contributed by atoms with Crippen molar-refractivity contribution in [1.29, 1.82) is 0 Å². The van der Waals surface area contributed by atoms with Gasteiger partial charge >= 0.3 is 0 Å². The molecule has 4 rings (SSSR count). The van der Waals surface area contributed by atoms with Crippen LogP contribution >= 0.6 is 0 Å². The molecule has 0 bridgehead atoms. The number of nitrogens with zero attached hydrogens (tertiary/aromatic N) is 3. The first-order chi connectivity index (χ1) is 10.8.